The Morgan fingerprint density at radius 3 is 2.86 bits per heavy atom. The normalized spacial score (nSPS) is 21.9. The first-order valence-corrected chi connectivity index (χ1v) is 9.28. The van der Waals surface area contributed by atoms with Crippen LogP contribution in [0.4, 0.5) is 0 Å². The third-order valence-electron chi connectivity index (χ3n) is 3.64. The van der Waals surface area contributed by atoms with E-state index in [1.807, 2.05) is 31.2 Å². The van der Waals surface area contributed by atoms with Gasteiger partial charge in [-0.2, -0.15) is 0 Å². The average molecular weight is 330 g/mol. The first-order chi connectivity index (χ1) is 9.84. The van der Waals surface area contributed by atoms with Crippen LogP contribution in [0, 0.1) is 5.92 Å². The summed E-state index contributed by atoms with van der Waals surface area (Å²) >= 11 is 5.93. The molecule has 0 aromatic heterocycles. The third-order valence-corrected chi connectivity index (χ3v) is 5.71. The molecule has 4 nitrogen and oxygen atoms in total. The molecule has 1 amide bonds. The summed E-state index contributed by atoms with van der Waals surface area (Å²) in [5.41, 5.74) is 1.07. The van der Waals surface area contributed by atoms with E-state index in [2.05, 4.69) is 5.32 Å². The molecule has 0 bridgehead atoms. The summed E-state index contributed by atoms with van der Waals surface area (Å²) in [6.45, 7) is 1.93. The van der Waals surface area contributed by atoms with E-state index in [9.17, 15) is 13.2 Å². The third kappa shape index (κ3) is 5.32. The SMILES string of the molecule is C[C@@H](Cc1cccc(Cl)c1)NC(=O)C[C@H]1CCS(=O)(=O)C1. The molecule has 1 N–H and O–H groups in total. The molecular weight excluding hydrogens is 310 g/mol. The van der Waals surface area contributed by atoms with Crippen molar-refractivity contribution in [3.63, 3.8) is 0 Å². The standard InChI is InChI=1S/C15H20ClNO3S/c1-11(7-12-3-2-4-14(16)8-12)17-15(18)9-13-5-6-21(19,20)10-13/h2-4,8,11,13H,5-7,9-10H2,1H3,(H,17,18)/t11-,13+/m0/s1. The predicted octanol–water partition coefficient (Wildman–Crippen LogP) is 2.21. The second-order valence-electron chi connectivity index (χ2n) is 5.78. The maximum absolute atomic E-state index is 11.9. The fraction of sp³-hybridized carbons (Fsp3) is 0.533. The minimum atomic E-state index is -2.92. The Kier molecular flexibility index (Phi) is 5.27. The highest BCUT2D eigenvalue weighted by molar-refractivity contribution is 7.91. The molecule has 1 aromatic carbocycles. The Hall–Kier alpha value is -1.07. The molecule has 6 heteroatoms. The van der Waals surface area contributed by atoms with Crippen LogP contribution < -0.4 is 5.32 Å². The quantitative estimate of drug-likeness (QED) is 0.900. The predicted molar refractivity (Wildman–Crippen MR) is 84.1 cm³/mol. The van der Waals surface area contributed by atoms with Crippen LogP contribution in [0.5, 0.6) is 0 Å². The van der Waals surface area contributed by atoms with Gasteiger partial charge in [-0.05, 0) is 43.4 Å². The lowest BCUT2D eigenvalue weighted by Gasteiger charge is -2.15. The zero-order chi connectivity index (χ0) is 15.5. The highest BCUT2D eigenvalue weighted by atomic mass is 35.5. The maximum Gasteiger partial charge on any atom is 0.220 e. The summed E-state index contributed by atoms with van der Waals surface area (Å²) in [5, 5.41) is 3.61. The van der Waals surface area contributed by atoms with E-state index in [0.29, 0.717) is 24.3 Å². The molecule has 1 fully saturated rings. The van der Waals surface area contributed by atoms with Crippen molar-refractivity contribution in [1.82, 2.24) is 5.32 Å². The summed E-state index contributed by atoms with van der Waals surface area (Å²) in [5.74, 6) is 0.242. The molecule has 1 heterocycles. The lowest BCUT2D eigenvalue weighted by atomic mass is 10.0. The van der Waals surface area contributed by atoms with Gasteiger partial charge in [-0.15, -0.1) is 0 Å². The number of carbonyl (C=O) groups is 1. The molecule has 1 aliphatic heterocycles. The Morgan fingerprint density at radius 1 is 1.48 bits per heavy atom. The van der Waals surface area contributed by atoms with E-state index >= 15 is 0 Å². The molecule has 21 heavy (non-hydrogen) atoms. The molecule has 2 rings (SSSR count). The molecule has 116 valence electrons. The van der Waals surface area contributed by atoms with Gasteiger partial charge in [0.15, 0.2) is 9.84 Å². The van der Waals surface area contributed by atoms with Crippen molar-refractivity contribution in [2.75, 3.05) is 11.5 Å². The van der Waals surface area contributed by atoms with Crippen LogP contribution in [0.15, 0.2) is 24.3 Å². The van der Waals surface area contributed by atoms with Crippen molar-refractivity contribution in [3.8, 4) is 0 Å². The Bertz CT molecular complexity index is 615. The number of halogens is 1. The summed E-state index contributed by atoms with van der Waals surface area (Å²) in [4.78, 5) is 11.9. The lowest BCUT2D eigenvalue weighted by molar-refractivity contribution is -0.122. The van der Waals surface area contributed by atoms with Crippen molar-refractivity contribution in [2.24, 2.45) is 5.92 Å². The van der Waals surface area contributed by atoms with Crippen molar-refractivity contribution in [2.45, 2.75) is 32.2 Å². The summed E-state index contributed by atoms with van der Waals surface area (Å²) in [7, 11) is -2.92. The van der Waals surface area contributed by atoms with Crippen LogP contribution in [-0.2, 0) is 21.1 Å². The Labute approximate surface area is 130 Å². The van der Waals surface area contributed by atoms with Crippen molar-refractivity contribution in [1.29, 1.82) is 0 Å². The minimum absolute atomic E-state index is 0.00558. The molecule has 1 aliphatic rings. The second-order valence-corrected chi connectivity index (χ2v) is 8.44. The van der Waals surface area contributed by atoms with Crippen LogP contribution in [0.1, 0.15) is 25.3 Å². The fourth-order valence-electron chi connectivity index (χ4n) is 2.70. The van der Waals surface area contributed by atoms with Gasteiger partial charge in [-0.25, -0.2) is 8.42 Å². The van der Waals surface area contributed by atoms with Crippen LogP contribution in [0.25, 0.3) is 0 Å². The maximum atomic E-state index is 11.9. The summed E-state index contributed by atoms with van der Waals surface area (Å²) < 4.78 is 22.7. The van der Waals surface area contributed by atoms with Gasteiger partial charge in [0.25, 0.3) is 0 Å². The van der Waals surface area contributed by atoms with E-state index in [4.69, 9.17) is 11.6 Å². The molecule has 0 spiro atoms. The summed E-state index contributed by atoms with van der Waals surface area (Å²) in [6.07, 6.45) is 1.59. The van der Waals surface area contributed by atoms with Gasteiger partial charge in [-0.1, -0.05) is 23.7 Å². The van der Waals surface area contributed by atoms with Gasteiger partial charge in [0.05, 0.1) is 11.5 Å². The monoisotopic (exact) mass is 329 g/mol. The molecule has 1 saturated heterocycles. The van der Waals surface area contributed by atoms with Crippen molar-refractivity contribution < 1.29 is 13.2 Å². The highest BCUT2D eigenvalue weighted by Crippen LogP contribution is 2.21. The van der Waals surface area contributed by atoms with Gasteiger partial charge in [0, 0.05) is 17.5 Å². The molecule has 1 aromatic rings. The molecule has 0 unspecified atom stereocenters. The van der Waals surface area contributed by atoms with Gasteiger partial charge in [-0.3, -0.25) is 4.79 Å². The average Bonchev–Trinajstić information content (AvgIpc) is 2.67. The van der Waals surface area contributed by atoms with Crippen LogP contribution in [-0.4, -0.2) is 31.9 Å². The first-order valence-electron chi connectivity index (χ1n) is 7.08. The molecule has 0 saturated carbocycles. The second kappa shape index (κ2) is 6.79. The van der Waals surface area contributed by atoms with Crippen LogP contribution in [0.2, 0.25) is 5.02 Å². The molecular formula is C15H20ClNO3S. The van der Waals surface area contributed by atoms with E-state index in [0.717, 1.165) is 5.56 Å². The number of sulfone groups is 1. The minimum Gasteiger partial charge on any atom is -0.353 e. The topological polar surface area (TPSA) is 63.2 Å². The van der Waals surface area contributed by atoms with Gasteiger partial charge in [0.1, 0.15) is 0 Å². The largest absolute Gasteiger partial charge is 0.353 e. The summed E-state index contributed by atoms with van der Waals surface area (Å²) in [6, 6.07) is 7.55. The van der Waals surface area contributed by atoms with E-state index in [1.54, 1.807) is 0 Å². The molecule has 2 atom stereocenters. The van der Waals surface area contributed by atoms with E-state index < -0.39 is 9.84 Å². The number of amides is 1. The highest BCUT2D eigenvalue weighted by Gasteiger charge is 2.29. The molecule has 0 aliphatic carbocycles. The number of benzene rings is 1. The number of nitrogens with one attached hydrogen (secondary N) is 1. The zero-order valence-corrected chi connectivity index (χ0v) is 13.6. The zero-order valence-electron chi connectivity index (χ0n) is 12.0. The van der Waals surface area contributed by atoms with Gasteiger partial charge >= 0.3 is 0 Å². The lowest BCUT2D eigenvalue weighted by Crippen LogP contribution is -2.35. The number of rotatable bonds is 5. The fourth-order valence-corrected chi connectivity index (χ4v) is 4.77. The molecule has 0 radical (unpaired) electrons. The Balaban J connectivity index is 1.80. The van der Waals surface area contributed by atoms with E-state index in [1.165, 1.54) is 0 Å². The van der Waals surface area contributed by atoms with Crippen molar-refractivity contribution >= 4 is 27.3 Å². The van der Waals surface area contributed by atoms with Gasteiger partial charge < -0.3 is 5.32 Å². The first kappa shape index (κ1) is 16.3. The number of hydrogen-bond acceptors (Lipinski definition) is 3. The Morgan fingerprint density at radius 2 is 2.24 bits per heavy atom. The smallest absolute Gasteiger partial charge is 0.220 e. The van der Waals surface area contributed by atoms with Crippen LogP contribution in [0.3, 0.4) is 0 Å². The van der Waals surface area contributed by atoms with Crippen molar-refractivity contribution in [3.05, 3.63) is 34.9 Å². The number of hydrogen-bond donors (Lipinski definition) is 1. The van der Waals surface area contributed by atoms with E-state index in [-0.39, 0.29) is 29.4 Å². The number of carbonyl (C=O) groups excluding carboxylic acids is 1. The van der Waals surface area contributed by atoms with Gasteiger partial charge in [0.2, 0.25) is 5.91 Å². The van der Waals surface area contributed by atoms with Crippen LogP contribution >= 0.6 is 11.6 Å².